The lowest BCUT2D eigenvalue weighted by Gasteiger charge is -2.22. The number of amides is 3. The van der Waals surface area contributed by atoms with Crippen LogP contribution >= 0.6 is 0 Å². The summed E-state index contributed by atoms with van der Waals surface area (Å²) in [6, 6.07) is 11.8. The molecule has 1 unspecified atom stereocenters. The fourth-order valence-corrected chi connectivity index (χ4v) is 2.63. The standard InChI is InChI=1S/C22H26FN3O4/c1-13(2)19(24-21(28)16-9-7-8-14(3)12-16)22(29)26-25-20(27)15(4)30-18-11-6-5-10-17(18)23/h5-13,15,19H,1-4H3,(H,24,28)(H,25,27)(H,26,29)/t15?,19-/m0/s1. The fourth-order valence-electron chi connectivity index (χ4n) is 2.63. The second-order valence-corrected chi connectivity index (χ2v) is 7.23. The Kier molecular flexibility index (Phi) is 7.91. The second kappa shape index (κ2) is 10.4. The molecular formula is C22H26FN3O4. The van der Waals surface area contributed by atoms with E-state index >= 15 is 0 Å². The Balaban J connectivity index is 1.93. The summed E-state index contributed by atoms with van der Waals surface area (Å²) in [6.07, 6.45) is -1.05. The Morgan fingerprint density at radius 1 is 0.933 bits per heavy atom. The highest BCUT2D eigenvalue weighted by Crippen LogP contribution is 2.17. The van der Waals surface area contributed by atoms with E-state index in [2.05, 4.69) is 16.2 Å². The lowest BCUT2D eigenvalue weighted by Crippen LogP contribution is -2.56. The minimum atomic E-state index is -1.05. The Hall–Kier alpha value is -3.42. The maximum Gasteiger partial charge on any atom is 0.279 e. The Morgan fingerprint density at radius 2 is 1.60 bits per heavy atom. The Morgan fingerprint density at radius 3 is 2.23 bits per heavy atom. The number of para-hydroxylation sites is 1. The maximum atomic E-state index is 13.6. The van der Waals surface area contributed by atoms with Crippen molar-refractivity contribution in [2.45, 2.75) is 39.8 Å². The van der Waals surface area contributed by atoms with E-state index in [1.807, 2.05) is 13.0 Å². The predicted molar refractivity (Wildman–Crippen MR) is 110 cm³/mol. The Bertz CT molecular complexity index is 917. The fraction of sp³-hybridized carbons (Fsp3) is 0.318. The molecule has 0 heterocycles. The summed E-state index contributed by atoms with van der Waals surface area (Å²) in [6.45, 7) is 6.83. The van der Waals surface area contributed by atoms with Gasteiger partial charge in [-0.25, -0.2) is 4.39 Å². The van der Waals surface area contributed by atoms with Crippen molar-refractivity contribution in [3.8, 4) is 5.75 Å². The van der Waals surface area contributed by atoms with Crippen LogP contribution in [0.5, 0.6) is 5.75 Å². The molecule has 0 aliphatic heterocycles. The first kappa shape index (κ1) is 22.9. The van der Waals surface area contributed by atoms with Crippen molar-refractivity contribution >= 4 is 17.7 Å². The quantitative estimate of drug-likeness (QED) is 0.606. The molecule has 30 heavy (non-hydrogen) atoms. The van der Waals surface area contributed by atoms with Gasteiger partial charge < -0.3 is 10.1 Å². The van der Waals surface area contributed by atoms with Crippen molar-refractivity contribution in [2.24, 2.45) is 5.92 Å². The minimum Gasteiger partial charge on any atom is -0.478 e. The summed E-state index contributed by atoms with van der Waals surface area (Å²) in [5.41, 5.74) is 5.88. The molecule has 2 aromatic rings. The number of hydrazine groups is 1. The average molecular weight is 415 g/mol. The Labute approximate surface area is 175 Å². The molecule has 0 bridgehead atoms. The lowest BCUT2D eigenvalue weighted by molar-refractivity contribution is -0.133. The summed E-state index contributed by atoms with van der Waals surface area (Å²) in [5, 5.41) is 2.68. The summed E-state index contributed by atoms with van der Waals surface area (Å²) < 4.78 is 18.9. The largest absolute Gasteiger partial charge is 0.478 e. The first-order chi connectivity index (χ1) is 14.2. The van der Waals surface area contributed by atoms with E-state index in [9.17, 15) is 18.8 Å². The SMILES string of the molecule is Cc1cccc(C(=O)N[C@H](C(=O)NNC(=O)C(C)Oc2ccccc2F)C(C)C)c1. The van der Waals surface area contributed by atoms with E-state index in [0.717, 1.165) is 5.56 Å². The van der Waals surface area contributed by atoms with Gasteiger partial charge in [0, 0.05) is 5.56 Å². The summed E-state index contributed by atoms with van der Waals surface area (Å²) >= 11 is 0. The van der Waals surface area contributed by atoms with E-state index in [1.165, 1.54) is 25.1 Å². The van der Waals surface area contributed by atoms with Crippen LogP contribution in [-0.4, -0.2) is 29.9 Å². The van der Waals surface area contributed by atoms with Gasteiger partial charge in [-0.15, -0.1) is 0 Å². The summed E-state index contributed by atoms with van der Waals surface area (Å²) in [5.74, 6) is -2.55. The predicted octanol–water partition coefficient (Wildman–Crippen LogP) is 2.50. The van der Waals surface area contributed by atoms with Crippen molar-refractivity contribution in [1.82, 2.24) is 16.2 Å². The molecule has 0 aliphatic rings. The highest BCUT2D eigenvalue weighted by molar-refractivity contribution is 5.98. The molecule has 0 radical (unpaired) electrons. The normalized spacial score (nSPS) is 12.6. The van der Waals surface area contributed by atoms with Crippen LogP contribution in [0.3, 0.4) is 0 Å². The molecule has 0 saturated carbocycles. The van der Waals surface area contributed by atoms with Gasteiger partial charge in [-0.05, 0) is 44.0 Å². The van der Waals surface area contributed by atoms with Crippen molar-refractivity contribution in [2.75, 3.05) is 0 Å². The maximum absolute atomic E-state index is 13.6. The van der Waals surface area contributed by atoms with E-state index in [0.29, 0.717) is 5.56 Å². The molecule has 0 spiro atoms. The number of hydrogen-bond donors (Lipinski definition) is 3. The topological polar surface area (TPSA) is 96.5 Å². The lowest BCUT2D eigenvalue weighted by atomic mass is 10.0. The van der Waals surface area contributed by atoms with Crippen molar-refractivity contribution < 1.29 is 23.5 Å². The van der Waals surface area contributed by atoms with E-state index < -0.39 is 35.7 Å². The van der Waals surface area contributed by atoms with Crippen LogP contribution in [0.2, 0.25) is 0 Å². The zero-order valence-electron chi connectivity index (χ0n) is 17.4. The molecule has 8 heteroatoms. The minimum absolute atomic E-state index is 0.0723. The van der Waals surface area contributed by atoms with Crippen LogP contribution in [0.4, 0.5) is 4.39 Å². The number of benzene rings is 2. The van der Waals surface area contributed by atoms with E-state index in [-0.39, 0.29) is 11.7 Å². The second-order valence-electron chi connectivity index (χ2n) is 7.23. The third-order valence-electron chi connectivity index (χ3n) is 4.33. The molecule has 0 aliphatic carbocycles. The van der Waals surface area contributed by atoms with Crippen molar-refractivity contribution in [3.63, 3.8) is 0 Å². The zero-order chi connectivity index (χ0) is 22.3. The molecule has 2 atom stereocenters. The van der Waals surface area contributed by atoms with Gasteiger partial charge in [-0.2, -0.15) is 0 Å². The van der Waals surface area contributed by atoms with Gasteiger partial charge >= 0.3 is 0 Å². The number of aryl methyl sites for hydroxylation is 1. The van der Waals surface area contributed by atoms with Crippen LogP contribution < -0.4 is 20.9 Å². The molecule has 7 nitrogen and oxygen atoms in total. The van der Waals surface area contributed by atoms with Gasteiger partial charge in [-0.3, -0.25) is 25.2 Å². The van der Waals surface area contributed by atoms with E-state index in [4.69, 9.17) is 4.74 Å². The molecule has 0 fully saturated rings. The van der Waals surface area contributed by atoms with Gasteiger partial charge in [0.1, 0.15) is 6.04 Å². The monoisotopic (exact) mass is 415 g/mol. The number of carbonyl (C=O) groups excluding carboxylic acids is 3. The molecule has 160 valence electrons. The molecule has 0 aromatic heterocycles. The van der Waals surface area contributed by atoms with Gasteiger partial charge in [0.2, 0.25) is 0 Å². The highest BCUT2D eigenvalue weighted by Gasteiger charge is 2.26. The van der Waals surface area contributed by atoms with Crippen molar-refractivity contribution in [3.05, 3.63) is 65.5 Å². The highest BCUT2D eigenvalue weighted by atomic mass is 19.1. The van der Waals surface area contributed by atoms with Gasteiger partial charge in [0.25, 0.3) is 17.7 Å². The number of hydrogen-bond acceptors (Lipinski definition) is 4. The third kappa shape index (κ3) is 6.30. The number of halogens is 1. The summed E-state index contributed by atoms with van der Waals surface area (Å²) in [4.78, 5) is 37.2. The molecule has 3 N–H and O–H groups in total. The van der Waals surface area contributed by atoms with Gasteiger partial charge in [0.15, 0.2) is 17.7 Å². The average Bonchev–Trinajstić information content (AvgIpc) is 2.71. The molecular weight excluding hydrogens is 389 g/mol. The summed E-state index contributed by atoms with van der Waals surface area (Å²) in [7, 11) is 0. The van der Waals surface area contributed by atoms with Crippen LogP contribution in [0, 0.1) is 18.7 Å². The van der Waals surface area contributed by atoms with E-state index in [1.54, 1.807) is 38.1 Å². The number of rotatable bonds is 7. The van der Waals surface area contributed by atoms with Crippen molar-refractivity contribution in [1.29, 1.82) is 0 Å². The van der Waals surface area contributed by atoms with Gasteiger partial charge in [-0.1, -0.05) is 43.7 Å². The van der Waals surface area contributed by atoms with Gasteiger partial charge in [0.05, 0.1) is 0 Å². The third-order valence-corrected chi connectivity index (χ3v) is 4.33. The molecule has 2 rings (SSSR count). The van der Waals surface area contributed by atoms with Crippen LogP contribution in [-0.2, 0) is 9.59 Å². The molecule has 3 amide bonds. The van der Waals surface area contributed by atoms with Crippen LogP contribution in [0.1, 0.15) is 36.7 Å². The first-order valence-corrected chi connectivity index (χ1v) is 9.57. The number of nitrogens with one attached hydrogen (secondary N) is 3. The van der Waals surface area contributed by atoms with Crippen LogP contribution in [0.25, 0.3) is 0 Å². The van der Waals surface area contributed by atoms with Crippen LogP contribution in [0.15, 0.2) is 48.5 Å². The zero-order valence-corrected chi connectivity index (χ0v) is 17.4. The first-order valence-electron chi connectivity index (χ1n) is 9.57. The number of carbonyl (C=O) groups is 3. The molecule has 0 saturated heterocycles. The molecule has 2 aromatic carbocycles. The smallest absolute Gasteiger partial charge is 0.279 e. The number of ether oxygens (including phenoxy) is 1.